The quantitative estimate of drug-likeness (QED) is 0.562. The zero-order valence-corrected chi connectivity index (χ0v) is 19.1. The topological polar surface area (TPSA) is 67.9 Å². The summed E-state index contributed by atoms with van der Waals surface area (Å²) < 4.78 is 10.6. The molecule has 0 saturated heterocycles. The highest BCUT2D eigenvalue weighted by Gasteiger charge is 2.43. The fourth-order valence-corrected chi connectivity index (χ4v) is 4.36. The molecular formula is C27H28N2O4. The molecule has 6 nitrogen and oxygen atoms in total. The van der Waals surface area contributed by atoms with Gasteiger partial charge in [-0.1, -0.05) is 54.6 Å². The van der Waals surface area contributed by atoms with E-state index in [0.717, 1.165) is 16.7 Å². The fourth-order valence-electron chi connectivity index (χ4n) is 4.36. The Morgan fingerprint density at radius 3 is 2.39 bits per heavy atom. The Balaban J connectivity index is 1.52. The maximum absolute atomic E-state index is 13.4. The van der Waals surface area contributed by atoms with Gasteiger partial charge in [0.25, 0.3) is 5.91 Å². The van der Waals surface area contributed by atoms with E-state index in [2.05, 4.69) is 5.32 Å². The van der Waals surface area contributed by atoms with Crippen LogP contribution in [-0.2, 0) is 11.2 Å². The molecule has 0 radical (unpaired) electrons. The number of nitrogens with zero attached hydrogens (tertiary/aromatic N) is 1. The minimum Gasteiger partial charge on any atom is -0.493 e. The molecule has 2 atom stereocenters. The molecule has 0 saturated carbocycles. The summed E-state index contributed by atoms with van der Waals surface area (Å²) in [6.07, 6.45) is 0.628. The number of carbonyl (C=O) groups excluding carboxylic acids is 2. The van der Waals surface area contributed by atoms with Crippen molar-refractivity contribution in [1.29, 1.82) is 0 Å². The standard InChI is InChI=1S/C27H28N2O4/c1-18(20-9-5-4-6-10-20)29-25(21-11-7-8-12-22(21)27(29)31)26(30)28-16-15-19-13-14-23(32-2)24(17-19)33-3/h4-14,17-18,25H,15-16H2,1-3H3,(H,28,30)/t18-,25-/m0/s1. The van der Waals surface area contributed by atoms with Gasteiger partial charge in [0.2, 0.25) is 5.91 Å². The van der Waals surface area contributed by atoms with Gasteiger partial charge in [-0.05, 0) is 48.2 Å². The third-order valence-corrected chi connectivity index (χ3v) is 6.11. The van der Waals surface area contributed by atoms with E-state index in [-0.39, 0.29) is 17.9 Å². The molecule has 0 aliphatic carbocycles. The van der Waals surface area contributed by atoms with Gasteiger partial charge >= 0.3 is 0 Å². The molecule has 4 rings (SSSR count). The molecule has 1 aliphatic rings. The van der Waals surface area contributed by atoms with Crippen LogP contribution in [0, 0.1) is 0 Å². The Labute approximate surface area is 194 Å². The number of benzene rings is 3. The molecule has 0 unspecified atom stereocenters. The molecule has 0 spiro atoms. The van der Waals surface area contributed by atoms with E-state index in [4.69, 9.17) is 9.47 Å². The van der Waals surface area contributed by atoms with Crippen LogP contribution in [0.1, 0.15) is 46.1 Å². The van der Waals surface area contributed by atoms with E-state index < -0.39 is 6.04 Å². The average Bonchev–Trinajstić information content (AvgIpc) is 3.16. The van der Waals surface area contributed by atoms with Gasteiger partial charge in [0, 0.05) is 12.1 Å². The highest BCUT2D eigenvalue weighted by atomic mass is 16.5. The Morgan fingerprint density at radius 2 is 1.67 bits per heavy atom. The molecule has 1 N–H and O–H groups in total. The Morgan fingerprint density at radius 1 is 0.970 bits per heavy atom. The predicted molar refractivity (Wildman–Crippen MR) is 126 cm³/mol. The van der Waals surface area contributed by atoms with E-state index in [1.165, 1.54) is 0 Å². The number of hydrogen-bond acceptors (Lipinski definition) is 4. The molecule has 0 fully saturated rings. The molecular weight excluding hydrogens is 416 g/mol. The normalized spacial score (nSPS) is 15.7. The maximum atomic E-state index is 13.4. The van der Waals surface area contributed by atoms with Gasteiger partial charge in [-0.3, -0.25) is 9.59 Å². The van der Waals surface area contributed by atoms with E-state index in [9.17, 15) is 9.59 Å². The van der Waals surface area contributed by atoms with Crippen molar-refractivity contribution in [2.24, 2.45) is 0 Å². The smallest absolute Gasteiger partial charge is 0.255 e. The molecule has 1 aliphatic heterocycles. The van der Waals surface area contributed by atoms with Crippen molar-refractivity contribution < 1.29 is 19.1 Å². The number of carbonyl (C=O) groups is 2. The van der Waals surface area contributed by atoms with Gasteiger partial charge in [-0.25, -0.2) is 0 Å². The summed E-state index contributed by atoms with van der Waals surface area (Å²) in [7, 11) is 3.20. The monoisotopic (exact) mass is 444 g/mol. The third kappa shape index (κ3) is 4.42. The Kier molecular flexibility index (Phi) is 6.63. The second-order valence-corrected chi connectivity index (χ2v) is 8.02. The molecule has 6 heteroatoms. The zero-order chi connectivity index (χ0) is 23.4. The average molecular weight is 445 g/mol. The second-order valence-electron chi connectivity index (χ2n) is 8.02. The first-order valence-electron chi connectivity index (χ1n) is 11.0. The van der Waals surface area contributed by atoms with Crippen LogP contribution in [0.2, 0.25) is 0 Å². The first kappa shape index (κ1) is 22.4. The van der Waals surface area contributed by atoms with Crippen LogP contribution in [0.25, 0.3) is 0 Å². The van der Waals surface area contributed by atoms with Crippen molar-refractivity contribution in [2.75, 3.05) is 20.8 Å². The molecule has 2 amide bonds. The number of rotatable bonds is 8. The molecule has 170 valence electrons. The van der Waals surface area contributed by atoms with Gasteiger partial charge in [-0.15, -0.1) is 0 Å². The van der Waals surface area contributed by atoms with E-state index in [1.54, 1.807) is 25.2 Å². The van der Waals surface area contributed by atoms with Gasteiger partial charge in [0.1, 0.15) is 6.04 Å². The predicted octanol–water partition coefficient (Wildman–Crippen LogP) is 4.32. The van der Waals surface area contributed by atoms with Gasteiger partial charge in [0.15, 0.2) is 11.5 Å². The van der Waals surface area contributed by atoms with Crippen molar-refractivity contribution >= 4 is 11.8 Å². The summed E-state index contributed by atoms with van der Waals surface area (Å²) in [6.45, 7) is 2.40. The summed E-state index contributed by atoms with van der Waals surface area (Å²) >= 11 is 0. The minimum atomic E-state index is -0.672. The summed E-state index contributed by atoms with van der Waals surface area (Å²) in [5.74, 6) is 1.01. The highest BCUT2D eigenvalue weighted by molar-refractivity contribution is 6.04. The summed E-state index contributed by atoms with van der Waals surface area (Å²) in [6, 6.07) is 21.9. The molecule has 3 aromatic rings. The van der Waals surface area contributed by atoms with Crippen LogP contribution in [0.15, 0.2) is 72.8 Å². The molecule has 1 heterocycles. The lowest BCUT2D eigenvalue weighted by atomic mass is 10.0. The number of ether oxygens (including phenoxy) is 2. The lowest BCUT2D eigenvalue weighted by Gasteiger charge is -2.31. The molecule has 0 bridgehead atoms. The minimum absolute atomic E-state index is 0.123. The summed E-state index contributed by atoms with van der Waals surface area (Å²) in [5, 5.41) is 3.03. The van der Waals surface area contributed by atoms with Crippen LogP contribution in [0.5, 0.6) is 11.5 Å². The second kappa shape index (κ2) is 9.77. The summed E-state index contributed by atoms with van der Waals surface area (Å²) in [5.41, 5.74) is 3.33. The molecule has 0 aromatic heterocycles. The van der Waals surface area contributed by atoms with E-state index >= 15 is 0 Å². The van der Waals surface area contributed by atoms with Crippen molar-refractivity contribution in [3.8, 4) is 11.5 Å². The number of fused-ring (bicyclic) bond motifs is 1. The summed E-state index contributed by atoms with van der Waals surface area (Å²) in [4.78, 5) is 28.3. The lowest BCUT2D eigenvalue weighted by Crippen LogP contribution is -2.41. The van der Waals surface area contributed by atoms with Crippen LogP contribution in [-0.4, -0.2) is 37.5 Å². The van der Waals surface area contributed by atoms with Gasteiger partial charge in [-0.2, -0.15) is 0 Å². The van der Waals surface area contributed by atoms with E-state index in [0.29, 0.717) is 30.0 Å². The number of nitrogens with one attached hydrogen (secondary N) is 1. The number of methoxy groups -OCH3 is 2. The third-order valence-electron chi connectivity index (χ3n) is 6.11. The van der Waals surface area contributed by atoms with E-state index in [1.807, 2.05) is 73.7 Å². The van der Waals surface area contributed by atoms with Crippen LogP contribution in [0.4, 0.5) is 0 Å². The van der Waals surface area contributed by atoms with Crippen LogP contribution < -0.4 is 14.8 Å². The number of hydrogen-bond donors (Lipinski definition) is 1. The van der Waals surface area contributed by atoms with Crippen LogP contribution >= 0.6 is 0 Å². The first-order valence-corrected chi connectivity index (χ1v) is 11.0. The van der Waals surface area contributed by atoms with Crippen LogP contribution in [0.3, 0.4) is 0 Å². The Hall–Kier alpha value is -3.80. The fraction of sp³-hybridized carbons (Fsp3) is 0.259. The van der Waals surface area contributed by atoms with Crippen molar-refractivity contribution in [2.45, 2.75) is 25.4 Å². The molecule has 3 aromatic carbocycles. The Bertz CT molecular complexity index is 1150. The van der Waals surface area contributed by atoms with Crippen molar-refractivity contribution in [1.82, 2.24) is 10.2 Å². The zero-order valence-electron chi connectivity index (χ0n) is 19.1. The SMILES string of the molecule is COc1ccc(CCNC(=O)[C@@H]2c3ccccc3C(=O)N2[C@@H](C)c2ccccc2)cc1OC. The van der Waals surface area contributed by atoms with Crippen molar-refractivity contribution in [3.63, 3.8) is 0 Å². The first-order chi connectivity index (χ1) is 16.0. The highest BCUT2D eigenvalue weighted by Crippen LogP contribution is 2.39. The lowest BCUT2D eigenvalue weighted by molar-refractivity contribution is -0.126. The number of amides is 2. The van der Waals surface area contributed by atoms with Crippen molar-refractivity contribution in [3.05, 3.63) is 95.1 Å². The largest absolute Gasteiger partial charge is 0.493 e. The molecule has 33 heavy (non-hydrogen) atoms. The maximum Gasteiger partial charge on any atom is 0.255 e. The van der Waals surface area contributed by atoms with Gasteiger partial charge < -0.3 is 19.7 Å². The van der Waals surface area contributed by atoms with Gasteiger partial charge in [0.05, 0.1) is 20.3 Å².